The number of hydrogen-bond acceptors (Lipinski definition) is 4. The van der Waals surface area contributed by atoms with E-state index in [0.29, 0.717) is 19.5 Å². The molecule has 2 rings (SSSR count). The molecule has 0 amide bonds. The summed E-state index contributed by atoms with van der Waals surface area (Å²) in [6, 6.07) is 9.60. The maximum Gasteiger partial charge on any atom is 0.304 e. The van der Waals surface area contributed by atoms with Crippen LogP contribution in [0.5, 0.6) is 0 Å². The summed E-state index contributed by atoms with van der Waals surface area (Å²) in [4.78, 5) is 13.6. The van der Waals surface area contributed by atoms with Gasteiger partial charge < -0.3 is 15.4 Å². The first-order chi connectivity index (χ1) is 8.75. The fourth-order valence-corrected chi connectivity index (χ4v) is 2.29. The molecule has 18 heavy (non-hydrogen) atoms. The lowest BCUT2D eigenvalue weighted by Crippen LogP contribution is -2.17. The molecule has 0 saturated carbocycles. The Morgan fingerprint density at radius 2 is 2.11 bits per heavy atom. The largest absolute Gasteiger partial charge is 0.388 e. The molecule has 3 N–H and O–H groups in total. The number of thiazole rings is 1. The molecule has 0 unspecified atom stereocenters. The summed E-state index contributed by atoms with van der Waals surface area (Å²) in [6.45, 7) is 1.33. The molecule has 96 valence electrons. The lowest BCUT2D eigenvalue weighted by molar-refractivity contribution is 0.166. The highest BCUT2D eigenvalue weighted by Gasteiger charge is 2.05. The summed E-state index contributed by atoms with van der Waals surface area (Å²) in [5.41, 5.74) is 1.82. The summed E-state index contributed by atoms with van der Waals surface area (Å²) in [7, 11) is 0. The van der Waals surface area contributed by atoms with Gasteiger partial charge in [0.2, 0.25) is 0 Å². The van der Waals surface area contributed by atoms with Gasteiger partial charge in [0.05, 0.1) is 6.10 Å². The van der Waals surface area contributed by atoms with E-state index in [4.69, 9.17) is 0 Å². The zero-order chi connectivity index (χ0) is 12.8. The Hall–Kier alpha value is -1.43. The molecular weight excluding hydrogens is 248 g/mol. The van der Waals surface area contributed by atoms with Crippen LogP contribution in [0.15, 0.2) is 40.5 Å². The van der Waals surface area contributed by atoms with Gasteiger partial charge in [-0.15, -0.1) is 0 Å². The number of benzene rings is 1. The second kappa shape index (κ2) is 6.49. The van der Waals surface area contributed by atoms with Crippen LogP contribution in [0.1, 0.15) is 23.8 Å². The van der Waals surface area contributed by atoms with E-state index in [-0.39, 0.29) is 4.87 Å². The van der Waals surface area contributed by atoms with E-state index in [1.807, 2.05) is 35.7 Å². The van der Waals surface area contributed by atoms with Crippen molar-refractivity contribution in [3.05, 3.63) is 56.6 Å². The first kappa shape index (κ1) is 13.0. The van der Waals surface area contributed by atoms with Crippen LogP contribution in [0.3, 0.4) is 0 Å². The fraction of sp³-hybridized carbons (Fsp3) is 0.308. The SMILES string of the molecule is O=c1[nH]c(CNCC[C@@H](O)c2ccccc2)cs1. The second-order valence-electron chi connectivity index (χ2n) is 4.07. The minimum absolute atomic E-state index is 0.0314. The number of aromatic amines is 1. The Morgan fingerprint density at radius 3 is 2.78 bits per heavy atom. The quantitative estimate of drug-likeness (QED) is 0.695. The molecule has 0 saturated heterocycles. The monoisotopic (exact) mass is 264 g/mol. The molecular formula is C13H16N2O2S. The Balaban J connectivity index is 1.71. The molecule has 4 nitrogen and oxygen atoms in total. The van der Waals surface area contributed by atoms with Crippen LogP contribution in [0, 0.1) is 0 Å². The molecule has 0 aliphatic rings. The van der Waals surface area contributed by atoms with Crippen molar-refractivity contribution in [1.82, 2.24) is 10.3 Å². The smallest absolute Gasteiger partial charge is 0.304 e. The predicted octanol–water partition coefficient (Wildman–Crippen LogP) is 1.65. The highest BCUT2D eigenvalue weighted by molar-refractivity contribution is 7.07. The average molecular weight is 264 g/mol. The third-order valence-corrected chi connectivity index (χ3v) is 3.38. The van der Waals surface area contributed by atoms with Crippen LogP contribution >= 0.6 is 11.3 Å². The number of aliphatic hydroxyl groups excluding tert-OH is 1. The maximum atomic E-state index is 10.9. The Labute approximate surface area is 109 Å². The molecule has 0 aliphatic heterocycles. The Kier molecular flexibility index (Phi) is 4.69. The van der Waals surface area contributed by atoms with Crippen molar-refractivity contribution in [2.24, 2.45) is 0 Å². The number of H-pyrrole nitrogens is 1. The van der Waals surface area contributed by atoms with E-state index in [1.165, 1.54) is 11.3 Å². The lowest BCUT2D eigenvalue weighted by Gasteiger charge is -2.11. The predicted molar refractivity (Wildman–Crippen MR) is 72.7 cm³/mol. The van der Waals surface area contributed by atoms with Crippen LogP contribution in [0.25, 0.3) is 0 Å². The summed E-state index contributed by atoms with van der Waals surface area (Å²) in [5, 5.41) is 14.9. The standard InChI is InChI=1S/C13H16N2O2S/c16-12(10-4-2-1-3-5-10)6-7-14-8-11-9-18-13(17)15-11/h1-5,9,12,14,16H,6-8H2,(H,15,17)/t12-/m1/s1. The van der Waals surface area contributed by atoms with Crippen molar-refractivity contribution in [2.45, 2.75) is 19.1 Å². The molecule has 0 fully saturated rings. The van der Waals surface area contributed by atoms with Gasteiger partial charge in [-0.05, 0) is 18.5 Å². The molecule has 1 atom stereocenters. The Morgan fingerprint density at radius 1 is 1.33 bits per heavy atom. The number of aromatic nitrogens is 1. The van der Waals surface area contributed by atoms with Crippen molar-refractivity contribution >= 4 is 11.3 Å². The first-order valence-corrected chi connectivity index (χ1v) is 6.74. The van der Waals surface area contributed by atoms with Gasteiger partial charge in [-0.3, -0.25) is 4.79 Å². The van der Waals surface area contributed by atoms with Gasteiger partial charge in [0.1, 0.15) is 0 Å². The van der Waals surface area contributed by atoms with Crippen molar-refractivity contribution in [1.29, 1.82) is 0 Å². The van der Waals surface area contributed by atoms with E-state index >= 15 is 0 Å². The summed E-state index contributed by atoms with van der Waals surface area (Å²) in [5.74, 6) is 0. The van der Waals surface area contributed by atoms with Gasteiger partial charge in [-0.25, -0.2) is 0 Å². The van der Waals surface area contributed by atoms with E-state index in [2.05, 4.69) is 10.3 Å². The van der Waals surface area contributed by atoms with E-state index in [0.717, 1.165) is 11.3 Å². The topological polar surface area (TPSA) is 65.1 Å². The zero-order valence-electron chi connectivity index (χ0n) is 9.93. The summed E-state index contributed by atoms with van der Waals surface area (Å²) < 4.78 is 0. The zero-order valence-corrected chi connectivity index (χ0v) is 10.7. The van der Waals surface area contributed by atoms with Crippen molar-refractivity contribution in [2.75, 3.05) is 6.54 Å². The Bertz CT molecular complexity index is 521. The highest BCUT2D eigenvalue weighted by atomic mass is 32.1. The number of hydrogen-bond donors (Lipinski definition) is 3. The van der Waals surface area contributed by atoms with Gasteiger partial charge in [-0.1, -0.05) is 41.7 Å². The molecule has 0 aliphatic carbocycles. The molecule has 1 aromatic carbocycles. The first-order valence-electron chi connectivity index (χ1n) is 5.86. The summed E-state index contributed by atoms with van der Waals surface area (Å²) in [6.07, 6.45) is 0.207. The molecule has 5 heteroatoms. The van der Waals surface area contributed by atoms with Crippen molar-refractivity contribution in [3.8, 4) is 0 Å². The fourth-order valence-electron chi connectivity index (χ4n) is 1.70. The van der Waals surface area contributed by atoms with E-state index in [9.17, 15) is 9.90 Å². The van der Waals surface area contributed by atoms with Gasteiger partial charge in [0, 0.05) is 17.6 Å². The van der Waals surface area contributed by atoms with Crippen molar-refractivity contribution < 1.29 is 5.11 Å². The molecule has 0 bridgehead atoms. The lowest BCUT2D eigenvalue weighted by atomic mass is 10.1. The van der Waals surface area contributed by atoms with Crippen LogP contribution in [0.2, 0.25) is 0 Å². The second-order valence-corrected chi connectivity index (χ2v) is 4.91. The minimum Gasteiger partial charge on any atom is -0.388 e. The van der Waals surface area contributed by atoms with Gasteiger partial charge >= 0.3 is 4.87 Å². The average Bonchev–Trinajstić information content (AvgIpc) is 2.81. The van der Waals surface area contributed by atoms with E-state index in [1.54, 1.807) is 0 Å². The summed E-state index contributed by atoms with van der Waals surface area (Å²) >= 11 is 1.17. The van der Waals surface area contributed by atoms with E-state index < -0.39 is 6.10 Å². The number of rotatable bonds is 6. The maximum absolute atomic E-state index is 10.9. The van der Waals surface area contributed by atoms with Crippen LogP contribution < -0.4 is 10.2 Å². The van der Waals surface area contributed by atoms with Gasteiger partial charge in [0.25, 0.3) is 0 Å². The molecule has 2 aromatic rings. The minimum atomic E-state index is -0.444. The number of aliphatic hydroxyl groups is 1. The third-order valence-electron chi connectivity index (χ3n) is 2.67. The van der Waals surface area contributed by atoms with Gasteiger partial charge in [0.15, 0.2) is 0 Å². The third kappa shape index (κ3) is 3.80. The number of nitrogens with one attached hydrogen (secondary N) is 2. The molecule has 1 aromatic heterocycles. The van der Waals surface area contributed by atoms with Gasteiger partial charge in [-0.2, -0.15) is 0 Å². The molecule has 0 spiro atoms. The molecule has 1 heterocycles. The van der Waals surface area contributed by atoms with Crippen molar-refractivity contribution in [3.63, 3.8) is 0 Å². The van der Waals surface area contributed by atoms with Crippen LogP contribution in [-0.2, 0) is 6.54 Å². The molecule has 0 radical (unpaired) electrons. The highest BCUT2D eigenvalue weighted by Crippen LogP contribution is 2.14. The van der Waals surface area contributed by atoms with Crippen LogP contribution in [0.4, 0.5) is 0 Å². The van der Waals surface area contributed by atoms with Crippen LogP contribution in [-0.4, -0.2) is 16.6 Å². The normalized spacial score (nSPS) is 12.5.